The first-order chi connectivity index (χ1) is 13.2. The Labute approximate surface area is 160 Å². The molecule has 0 radical (unpaired) electrons. The van der Waals surface area contributed by atoms with Crippen molar-refractivity contribution in [3.8, 4) is 5.75 Å². The van der Waals surface area contributed by atoms with Gasteiger partial charge in [-0.15, -0.1) is 0 Å². The molecule has 2 aromatic rings. The number of nitrogens with one attached hydrogen (secondary N) is 1. The van der Waals surface area contributed by atoms with Gasteiger partial charge < -0.3 is 20.1 Å². The van der Waals surface area contributed by atoms with E-state index < -0.39 is 0 Å². The van der Waals surface area contributed by atoms with E-state index in [9.17, 15) is 9.90 Å². The van der Waals surface area contributed by atoms with Crippen LogP contribution in [0.15, 0.2) is 42.6 Å². The van der Waals surface area contributed by atoms with E-state index in [1.54, 1.807) is 13.3 Å². The van der Waals surface area contributed by atoms with Crippen molar-refractivity contribution in [2.75, 3.05) is 38.3 Å². The van der Waals surface area contributed by atoms with Crippen LogP contribution < -0.4 is 15.0 Å². The molecule has 0 aliphatic carbocycles. The van der Waals surface area contributed by atoms with Gasteiger partial charge in [0.15, 0.2) is 0 Å². The fourth-order valence-electron chi connectivity index (χ4n) is 3.29. The topological polar surface area (TPSA) is 74.7 Å². The number of aromatic nitrogens is 1. The second-order valence-electron chi connectivity index (χ2n) is 6.90. The predicted octanol–water partition coefficient (Wildman–Crippen LogP) is 2.27. The molecular formula is C21H27N3O3. The second-order valence-corrected chi connectivity index (χ2v) is 6.90. The second kappa shape index (κ2) is 9.37. The van der Waals surface area contributed by atoms with E-state index in [4.69, 9.17) is 4.74 Å². The fourth-order valence-corrected chi connectivity index (χ4v) is 3.29. The molecule has 2 heterocycles. The van der Waals surface area contributed by atoms with Crippen molar-refractivity contribution in [3.63, 3.8) is 0 Å². The van der Waals surface area contributed by atoms with E-state index in [0.717, 1.165) is 43.9 Å². The molecule has 1 unspecified atom stereocenters. The monoisotopic (exact) mass is 369 g/mol. The minimum atomic E-state index is -0.0987. The zero-order valence-corrected chi connectivity index (χ0v) is 15.7. The van der Waals surface area contributed by atoms with Crippen LogP contribution in [0, 0.1) is 5.92 Å². The first-order valence-electron chi connectivity index (χ1n) is 9.42. The molecule has 1 aliphatic rings. The summed E-state index contributed by atoms with van der Waals surface area (Å²) in [6, 6.07) is 11.7. The summed E-state index contributed by atoms with van der Waals surface area (Å²) in [5.41, 5.74) is 1.80. The number of carbonyl (C=O) groups excluding carboxylic acids is 1. The number of aryl methyl sites for hydroxylation is 1. The number of methoxy groups -OCH3 is 1. The van der Waals surface area contributed by atoms with E-state index in [1.807, 2.05) is 36.4 Å². The van der Waals surface area contributed by atoms with Crippen molar-refractivity contribution in [1.82, 2.24) is 10.3 Å². The Morgan fingerprint density at radius 3 is 2.74 bits per heavy atom. The van der Waals surface area contributed by atoms with Crippen LogP contribution in [0.2, 0.25) is 0 Å². The average molecular weight is 369 g/mol. The highest BCUT2D eigenvalue weighted by Crippen LogP contribution is 2.21. The highest BCUT2D eigenvalue weighted by atomic mass is 16.5. The maximum atomic E-state index is 12.3. The Bertz CT molecular complexity index is 731. The lowest BCUT2D eigenvalue weighted by molar-refractivity contribution is 0.0953. The predicted molar refractivity (Wildman–Crippen MR) is 105 cm³/mol. The number of carbonyl (C=O) groups is 1. The van der Waals surface area contributed by atoms with E-state index in [1.165, 1.54) is 5.56 Å². The number of hydrogen-bond acceptors (Lipinski definition) is 5. The quantitative estimate of drug-likeness (QED) is 0.698. The lowest BCUT2D eigenvalue weighted by Gasteiger charge is -2.17. The molecule has 27 heavy (non-hydrogen) atoms. The number of aliphatic hydroxyl groups excluding tert-OH is 1. The minimum absolute atomic E-state index is 0.0987. The van der Waals surface area contributed by atoms with E-state index in [2.05, 4.69) is 15.2 Å². The SMILES string of the molecule is COc1ccc(CCCNC(=O)c2ccc(N3CCC(CO)C3)nc2)cc1. The molecule has 1 fully saturated rings. The van der Waals surface area contributed by atoms with Gasteiger partial charge in [0.25, 0.3) is 5.91 Å². The molecule has 1 saturated heterocycles. The van der Waals surface area contributed by atoms with Gasteiger partial charge in [-0.05, 0) is 49.1 Å². The number of ether oxygens (including phenoxy) is 1. The highest BCUT2D eigenvalue weighted by Gasteiger charge is 2.22. The summed E-state index contributed by atoms with van der Waals surface area (Å²) in [6.07, 6.45) is 4.39. The molecule has 1 aliphatic heterocycles. The molecule has 1 atom stereocenters. The Morgan fingerprint density at radius 1 is 1.30 bits per heavy atom. The number of nitrogens with zero attached hydrogens (tertiary/aromatic N) is 2. The number of amides is 1. The van der Waals surface area contributed by atoms with Crippen molar-refractivity contribution in [3.05, 3.63) is 53.7 Å². The Morgan fingerprint density at radius 2 is 2.11 bits per heavy atom. The van der Waals surface area contributed by atoms with Crippen molar-refractivity contribution >= 4 is 11.7 Å². The molecule has 1 aromatic heterocycles. The van der Waals surface area contributed by atoms with Gasteiger partial charge >= 0.3 is 0 Å². The Kier molecular flexibility index (Phi) is 6.65. The van der Waals surface area contributed by atoms with Crippen LogP contribution >= 0.6 is 0 Å². The number of benzene rings is 1. The lowest BCUT2D eigenvalue weighted by Crippen LogP contribution is -2.25. The largest absolute Gasteiger partial charge is 0.497 e. The molecular weight excluding hydrogens is 342 g/mol. The normalized spacial score (nSPS) is 16.4. The van der Waals surface area contributed by atoms with Crippen molar-refractivity contribution in [2.45, 2.75) is 19.3 Å². The van der Waals surface area contributed by atoms with Gasteiger partial charge in [-0.1, -0.05) is 12.1 Å². The summed E-state index contributed by atoms with van der Waals surface area (Å²) in [7, 11) is 1.66. The molecule has 0 spiro atoms. The van der Waals surface area contributed by atoms with E-state index in [-0.39, 0.29) is 12.5 Å². The van der Waals surface area contributed by atoms with E-state index >= 15 is 0 Å². The molecule has 3 rings (SSSR count). The summed E-state index contributed by atoms with van der Waals surface area (Å²) in [4.78, 5) is 18.8. The summed E-state index contributed by atoms with van der Waals surface area (Å²) in [6.45, 7) is 2.56. The lowest BCUT2D eigenvalue weighted by atomic mass is 10.1. The zero-order chi connectivity index (χ0) is 19.1. The third-order valence-corrected chi connectivity index (χ3v) is 4.96. The molecule has 144 valence electrons. The molecule has 1 amide bonds. The van der Waals surface area contributed by atoms with Gasteiger partial charge in [0.05, 0.1) is 12.7 Å². The molecule has 6 nitrogen and oxygen atoms in total. The van der Waals surface area contributed by atoms with Gasteiger partial charge in [-0.2, -0.15) is 0 Å². The smallest absolute Gasteiger partial charge is 0.252 e. The van der Waals surface area contributed by atoms with Crippen LogP contribution in [0.1, 0.15) is 28.8 Å². The number of hydrogen-bond donors (Lipinski definition) is 2. The number of aliphatic hydroxyl groups is 1. The summed E-state index contributed by atoms with van der Waals surface area (Å²) < 4.78 is 5.15. The number of pyridine rings is 1. The van der Waals surface area contributed by atoms with Crippen LogP contribution in [0.25, 0.3) is 0 Å². The maximum absolute atomic E-state index is 12.3. The van der Waals surface area contributed by atoms with Gasteiger partial charge in [-0.3, -0.25) is 4.79 Å². The highest BCUT2D eigenvalue weighted by molar-refractivity contribution is 5.94. The zero-order valence-electron chi connectivity index (χ0n) is 15.7. The fraction of sp³-hybridized carbons (Fsp3) is 0.429. The third kappa shape index (κ3) is 5.20. The van der Waals surface area contributed by atoms with Crippen molar-refractivity contribution < 1.29 is 14.6 Å². The first-order valence-corrected chi connectivity index (χ1v) is 9.42. The van der Waals surface area contributed by atoms with Gasteiger partial charge in [0, 0.05) is 38.4 Å². The standard InChI is InChI=1S/C21H27N3O3/c1-27-19-7-4-16(5-8-19)3-2-11-22-21(26)18-6-9-20(23-13-18)24-12-10-17(14-24)15-25/h4-9,13,17,25H,2-3,10-12,14-15H2,1H3,(H,22,26). The van der Waals surface area contributed by atoms with Gasteiger partial charge in [0.1, 0.15) is 11.6 Å². The third-order valence-electron chi connectivity index (χ3n) is 4.96. The minimum Gasteiger partial charge on any atom is -0.497 e. The summed E-state index contributed by atoms with van der Waals surface area (Å²) in [5, 5.41) is 12.2. The van der Waals surface area contributed by atoms with Crippen LogP contribution in [-0.2, 0) is 6.42 Å². The Hall–Kier alpha value is -2.60. The van der Waals surface area contributed by atoms with E-state index in [0.29, 0.717) is 18.0 Å². The Balaban J connectivity index is 1.42. The average Bonchev–Trinajstić information content (AvgIpc) is 3.21. The summed E-state index contributed by atoms with van der Waals surface area (Å²) >= 11 is 0. The first kappa shape index (κ1) is 19.2. The maximum Gasteiger partial charge on any atom is 0.252 e. The molecule has 2 N–H and O–H groups in total. The van der Waals surface area contributed by atoms with Crippen LogP contribution in [-0.4, -0.2) is 49.3 Å². The molecule has 0 bridgehead atoms. The van der Waals surface area contributed by atoms with Crippen LogP contribution in [0.4, 0.5) is 5.82 Å². The molecule has 6 heteroatoms. The van der Waals surface area contributed by atoms with Crippen molar-refractivity contribution in [1.29, 1.82) is 0 Å². The molecule has 1 aromatic carbocycles. The van der Waals surface area contributed by atoms with Gasteiger partial charge in [0.2, 0.25) is 0 Å². The number of anilines is 1. The van der Waals surface area contributed by atoms with Gasteiger partial charge in [-0.25, -0.2) is 4.98 Å². The number of rotatable bonds is 8. The summed E-state index contributed by atoms with van der Waals surface area (Å²) in [5.74, 6) is 1.93. The van der Waals surface area contributed by atoms with Crippen LogP contribution in [0.3, 0.4) is 0 Å². The van der Waals surface area contributed by atoms with Crippen molar-refractivity contribution in [2.24, 2.45) is 5.92 Å². The molecule has 0 saturated carbocycles. The van der Waals surface area contributed by atoms with Crippen LogP contribution in [0.5, 0.6) is 5.75 Å².